The first-order valence-corrected chi connectivity index (χ1v) is 7.17. The van der Waals surface area contributed by atoms with Gasteiger partial charge in [-0.3, -0.25) is 0 Å². The quantitative estimate of drug-likeness (QED) is 0.642. The molecule has 0 radical (unpaired) electrons. The summed E-state index contributed by atoms with van der Waals surface area (Å²) in [7, 11) is 0. The van der Waals surface area contributed by atoms with Crippen molar-refractivity contribution >= 4 is 11.4 Å². The summed E-state index contributed by atoms with van der Waals surface area (Å²) in [5, 5.41) is 13.1. The second-order valence-corrected chi connectivity index (χ2v) is 4.83. The van der Waals surface area contributed by atoms with Gasteiger partial charge in [0.25, 0.3) is 0 Å². The summed E-state index contributed by atoms with van der Waals surface area (Å²) in [5.74, 6) is -0.0628. The molecule has 0 aliphatic carbocycles. The number of halogens is 1. The predicted octanol–water partition coefficient (Wildman–Crippen LogP) is 3.02. The number of aliphatic hydroxyl groups excluding tert-OH is 1. The number of hydrogen-bond acceptors (Lipinski definition) is 4. The summed E-state index contributed by atoms with van der Waals surface area (Å²) < 4.78 is 18.8. The number of nitrogens with two attached hydrogens (primary N) is 1. The van der Waals surface area contributed by atoms with Gasteiger partial charge in [0.15, 0.2) is 11.6 Å². The van der Waals surface area contributed by atoms with Crippen LogP contribution in [0, 0.1) is 11.7 Å². The molecule has 0 spiro atoms. The van der Waals surface area contributed by atoms with Crippen LogP contribution in [0.3, 0.4) is 0 Å². The van der Waals surface area contributed by atoms with E-state index in [2.05, 4.69) is 19.2 Å². The minimum absolute atomic E-state index is 0.168. The number of ether oxygens (including phenoxy) is 1. The van der Waals surface area contributed by atoms with Crippen molar-refractivity contribution in [3.63, 3.8) is 0 Å². The fourth-order valence-corrected chi connectivity index (χ4v) is 2.20. The molecule has 114 valence electrons. The summed E-state index contributed by atoms with van der Waals surface area (Å²) in [6, 6.07) is 2.77. The topological polar surface area (TPSA) is 67.5 Å². The van der Waals surface area contributed by atoms with Crippen molar-refractivity contribution in [3.05, 3.63) is 17.9 Å². The molecule has 4 nitrogen and oxygen atoms in total. The second kappa shape index (κ2) is 7.94. The van der Waals surface area contributed by atoms with Crippen LogP contribution in [0.25, 0.3) is 0 Å². The molecule has 0 aliphatic rings. The molecule has 0 fully saturated rings. The molecule has 20 heavy (non-hydrogen) atoms. The van der Waals surface area contributed by atoms with Gasteiger partial charge in [-0.25, -0.2) is 4.39 Å². The Bertz CT molecular complexity index is 423. The van der Waals surface area contributed by atoms with E-state index < -0.39 is 11.9 Å². The fraction of sp³-hybridized carbons (Fsp3) is 0.600. The summed E-state index contributed by atoms with van der Waals surface area (Å²) in [5.41, 5.74) is 6.67. The van der Waals surface area contributed by atoms with Crippen molar-refractivity contribution in [2.24, 2.45) is 5.92 Å². The highest BCUT2D eigenvalue weighted by Gasteiger charge is 2.16. The van der Waals surface area contributed by atoms with Gasteiger partial charge in [-0.1, -0.05) is 26.7 Å². The highest BCUT2D eigenvalue weighted by molar-refractivity contribution is 5.68. The van der Waals surface area contributed by atoms with E-state index in [0.717, 1.165) is 12.8 Å². The average Bonchev–Trinajstić information content (AvgIpc) is 2.42. The molecule has 0 heterocycles. The van der Waals surface area contributed by atoms with E-state index in [1.54, 1.807) is 6.92 Å². The van der Waals surface area contributed by atoms with Crippen LogP contribution in [-0.4, -0.2) is 24.4 Å². The molecule has 0 saturated carbocycles. The number of nitrogen functional groups attached to an aromatic ring is 1. The lowest BCUT2D eigenvalue weighted by Gasteiger charge is -2.21. The van der Waals surface area contributed by atoms with E-state index >= 15 is 0 Å². The third-order valence-corrected chi connectivity index (χ3v) is 3.50. The Morgan fingerprint density at radius 1 is 1.30 bits per heavy atom. The SMILES string of the molecule is CCOc1cc(NCC(O)C(CC)CC)c(N)cc1F. The zero-order chi connectivity index (χ0) is 15.1. The first-order valence-electron chi connectivity index (χ1n) is 7.17. The maximum Gasteiger partial charge on any atom is 0.167 e. The molecular formula is C15H25FN2O2. The Kier molecular flexibility index (Phi) is 6.58. The van der Waals surface area contributed by atoms with E-state index in [0.29, 0.717) is 24.5 Å². The molecule has 1 rings (SSSR count). The number of rotatable bonds is 8. The lowest BCUT2D eigenvalue weighted by Crippen LogP contribution is -2.28. The molecule has 0 bridgehead atoms. The summed E-state index contributed by atoms with van der Waals surface area (Å²) in [6.45, 7) is 6.66. The van der Waals surface area contributed by atoms with Gasteiger partial charge in [-0.15, -0.1) is 0 Å². The van der Waals surface area contributed by atoms with Gasteiger partial charge in [0.1, 0.15) is 0 Å². The zero-order valence-electron chi connectivity index (χ0n) is 12.4. The Labute approximate surface area is 120 Å². The highest BCUT2D eigenvalue weighted by Crippen LogP contribution is 2.28. The maximum absolute atomic E-state index is 13.6. The van der Waals surface area contributed by atoms with Gasteiger partial charge >= 0.3 is 0 Å². The van der Waals surface area contributed by atoms with Crippen molar-refractivity contribution in [1.82, 2.24) is 0 Å². The van der Waals surface area contributed by atoms with Gasteiger partial charge < -0.3 is 20.9 Å². The van der Waals surface area contributed by atoms with Crippen LogP contribution < -0.4 is 15.8 Å². The average molecular weight is 284 g/mol. The Morgan fingerprint density at radius 3 is 2.50 bits per heavy atom. The number of nitrogens with one attached hydrogen (secondary N) is 1. The van der Waals surface area contributed by atoms with Crippen molar-refractivity contribution < 1.29 is 14.2 Å². The molecule has 1 unspecified atom stereocenters. The number of anilines is 2. The molecule has 0 saturated heterocycles. The monoisotopic (exact) mass is 284 g/mol. The Balaban J connectivity index is 2.74. The van der Waals surface area contributed by atoms with Crippen LogP contribution in [0.2, 0.25) is 0 Å². The Morgan fingerprint density at radius 2 is 1.95 bits per heavy atom. The lowest BCUT2D eigenvalue weighted by molar-refractivity contribution is 0.114. The molecular weight excluding hydrogens is 259 g/mol. The first-order chi connectivity index (χ1) is 9.53. The zero-order valence-corrected chi connectivity index (χ0v) is 12.4. The van der Waals surface area contributed by atoms with Crippen LogP contribution in [0.15, 0.2) is 12.1 Å². The van der Waals surface area contributed by atoms with Crippen LogP contribution >= 0.6 is 0 Å². The minimum Gasteiger partial charge on any atom is -0.491 e. The second-order valence-electron chi connectivity index (χ2n) is 4.83. The molecule has 1 atom stereocenters. The van der Waals surface area contributed by atoms with Crippen molar-refractivity contribution in [1.29, 1.82) is 0 Å². The van der Waals surface area contributed by atoms with Crippen LogP contribution in [0.1, 0.15) is 33.6 Å². The number of aliphatic hydroxyl groups is 1. The van der Waals surface area contributed by atoms with Gasteiger partial charge in [-0.2, -0.15) is 0 Å². The van der Waals surface area contributed by atoms with Crippen molar-refractivity contribution in [3.8, 4) is 5.75 Å². The molecule has 0 aliphatic heterocycles. The molecule has 4 N–H and O–H groups in total. The van der Waals surface area contributed by atoms with E-state index in [9.17, 15) is 9.50 Å². The van der Waals surface area contributed by atoms with E-state index in [4.69, 9.17) is 10.5 Å². The maximum atomic E-state index is 13.6. The van der Waals surface area contributed by atoms with E-state index in [1.807, 2.05) is 0 Å². The van der Waals surface area contributed by atoms with Gasteiger partial charge in [-0.05, 0) is 12.8 Å². The normalized spacial score (nSPS) is 12.5. The number of benzene rings is 1. The van der Waals surface area contributed by atoms with Gasteiger partial charge in [0.2, 0.25) is 0 Å². The molecule has 5 heteroatoms. The third kappa shape index (κ3) is 4.27. The predicted molar refractivity (Wildman–Crippen MR) is 80.5 cm³/mol. The van der Waals surface area contributed by atoms with Crippen LogP contribution in [-0.2, 0) is 0 Å². The van der Waals surface area contributed by atoms with E-state index in [1.165, 1.54) is 12.1 Å². The van der Waals surface area contributed by atoms with Gasteiger partial charge in [0, 0.05) is 18.7 Å². The molecule has 1 aromatic rings. The Hall–Kier alpha value is -1.49. The summed E-state index contributed by atoms with van der Waals surface area (Å²) in [4.78, 5) is 0. The molecule has 0 aromatic heterocycles. The fourth-order valence-electron chi connectivity index (χ4n) is 2.20. The van der Waals surface area contributed by atoms with Crippen molar-refractivity contribution in [2.45, 2.75) is 39.7 Å². The number of hydrogen-bond donors (Lipinski definition) is 3. The standard InChI is InChI=1S/C15H25FN2O2/c1-4-10(5-2)14(19)9-18-13-8-15(20-6-3)11(16)7-12(13)17/h7-8,10,14,18-19H,4-6,9,17H2,1-3H3. The van der Waals surface area contributed by atoms with E-state index in [-0.39, 0.29) is 11.7 Å². The third-order valence-electron chi connectivity index (χ3n) is 3.50. The molecule has 1 aromatic carbocycles. The van der Waals surface area contributed by atoms with Gasteiger partial charge in [0.05, 0.1) is 24.1 Å². The smallest absolute Gasteiger partial charge is 0.167 e. The first kappa shape index (κ1) is 16.6. The summed E-state index contributed by atoms with van der Waals surface area (Å²) in [6.07, 6.45) is 1.38. The van der Waals surface area contributed by atoms with Crippen LogP contribution in [0.5, 0.6) is 5.75 Å². The van der Waals surface area contributed by atoms with Crippen LogP contribution in [0.4, 0.5) is 15.8 Å². The lowest BCUT2D eigenvalue weighted by atomic mass is 9.96. The summed E-state index contributed by atoms with van der Waals surface area (Å²) >= 11 is 0. The highest BCUT2D eigenvalue weighted by atomic mass is 19.1. The van der Waals surface area contributed by atoms with Crippen molar-refractivity contribution in [2.75, 3.05) is 24.2 Å². The molecule has 0 amide bonds. The largest absolute Gasteiger partial charge is 0.491 e. The minimum atomic E-state index is -0.476.